The number of hydrogen-bond acceptors (Lipinski definition) is 7. The van der Waals surface area contributed by atoms with Crippen LogP contribution in [0.25, 0.3) is 0 Å². The second kappa shape index (κ2) is 10.6. The number of amides is 2. The summed E-state index contributed by atoms with van der Waals surface area (Å²) in [6, 6.07) is 5.27. The third-order valence-electron chi connectivity index (χ3n) is 4.92. The van der Waals surface area contributed by atoms with Crippen LogP contribution in [0.1, 0.15) is 25.1 Å². The first-order valence-corrected chi connectivity index (χ1v) is 13.3. The van der Waals surface area contributed by atoms with Crippen LogP contribution < -0.4 is 15.4 Å². The van der Waals surface area contributed by atoms with Crippen molar-refractivity contribution >= 4 is 38.2 Å². The van der Waals surface area contributed by atoms with E-state index in [-0.39, 0.29) is 6.03 Å². The Kier molecular flexibility index (Phi) is 8.10. The van der Waals surface area contributed by atoms with Crippen molar-refractivity contribution in [2.24, 2.45) is 5.92 Å². The number of thiazole rings is 1. The molecule has 2 N–H and O–H groups in total. The Hall–Kier alpha value is -2.21. The summed E-state index contributed by atoms with van der Waals surface area (Å²) < 4.78 is 30.6. The lowest BCUT2D eigenvalue weighted by Crippen LogP contribution is -2.47. The maximum absolute atomic E-state index is 12.5. The van der Waals surface area contributed by atoms with Crippen molar-refractivity contribution in [3.8, 4) is 5.75 Å². The Morgan fingerprint density at radius 3 is 2.59 bits per heavy atom. The van der Waals surface area contributed by atoms with E-state index in [1.54, 1.807) is 0 Å². The number of nitrogens with zero attached hydrogens (tertiary/aromatic N) is 3. The van der Waals surface area contributed by atoms with Gasteiger partial charge in [0.05, 0.1) is 24.2 Å². The third-order valence-corrected chi connectivity index (χ3v) is 7.03. The van der Waals surface area contributed by atoms with Gasteiger partial charge in [-0.25, -0.2) is 18.2 Å². The second-order valence-electron chi connectivity index (χ2n) is 8.37. The highest BCUT2D eigenvalue weighted by atomic mass is 32.2. The normalized spacial score (nSPS) is 15.7. The average Bonchev–Trinajstić information content (AvgIpc) is 3.14. The fourth-order valence-corrected chi connectivity index (χ4v) is 4.77. The van der Waals surface area contributed by atoms with Gasteiger partial charge in [-0.15, -0.1) is 11.3 Å². The van der Waals surface area contributed by atoms with E-state index in [1.165, 1.54) is 21.9 Å². The molecular formula is C21H31N5O4S2. The minimum absolute atomic E-state index is 0.375. The van der Waals surface area contributed by atoms with Gasteiger partial charge in [0, 0.05) is 38.1 Å². The molecule has 1 aliphatic rings. The van der Waals surface area contributed by atoms with Crippen LogP contribution in [0, 0.1) is 12.8 Å². The molecule has 0 saturated carbocycles. The minimum atomic E-state index is -3.14. The molecule has 0 radical (unpaired) electrons. The summed E-state index contributed by atoms with van der Waals surface area (Å²) in [5, 5.41) is 8.02. The molecule has 1 aliphatic heterocycles. The van der Waals surface area contributed by atoms with E-state index in [1.807, 2.05) is 30.5 Å². The van der Waals surface area contributed by atoms with Gasteiger partial charge in [-0.05, 0) is 30.5 Å². The number of urea groups is 1. The summed E-state index contributed by atoms with van der Waals surface area (Å²) in [6.45, 7) is 9.56. The predicted octanol–water partition coefficient (Wildman–Crippen LogP) is 3.21. The number of sulfonamides is 1. The van der Waals surface area contributed by atoms with Gasteiger partial charge in [-0.1, -0.05) is 19.9 Å². The Balaban J connectivity index is 1.53. The lowest BCUT2D eigenvalue weighted by Gasteiger charge is -2.32. The Bertz CT molecular complexity index is 1030. The molecule has 2 aromatic rings. The van der Waals surface area contributed by atoms with Crippen LogP contribution in [-0.2, 0) is 16.6 Å². The van der Waals surface area contributed by atoms with Crippen LogP contribution in [0.4, 0.5) is 15.6 Å². The number of rotatable bonds is 8. The zero-order valence-corrected chi connectivity index (χ0v) is 20.6. The summed E-state index contributed by atoms with van der Waals surface area (Å²) in [5.74, 6) is 1.02. The number of aryl methyl sites for hydroxylation is 1. The SMILES string of the molecule is Cc1ccc(NC(=O)Nc2nc(CN3CCN(S(C)(=O)=O)CC3)cs2)c(OCC(C)C)c1. The van der Waals surface area contributed by atoms with Gasteiger partial charge in [0.25, 0.3) is 0 Å². The number of anilines is 2. The van der Waals surface area contributed by atoms with Crippen LogP contribution in [-0.4, -0.2) is 67.7 Å². The van der Waals surface area contributed by atoms with E-state index >= 15 is 0 Å². The highest BCUT2D eigenvalue weighted by molar-refractivity contribution is 7.88. The van der Waals surface area contributed by atoms with Gasteiger partial charge >= 0.3 is 6.03 Å². The first-order chi connectivity index (χ1) is 15.1. The van der Waals surface area contributed by atoms with E-state index in [9.17, 15) is 13.2 Å². The number of nitrogens with one attached hydrogen (secondary N) is 2. The number of benzene rings is 1. The lowest BCUT2D eigenvalue weighted by molar-refractivity contribution is 0.181. The molecule has 2 amide bonds. The molecule has 2 heterocycles. The molecule has 0 spiro atoms. The minimum Gasteiger partial charge on any atom is -0.491 e. The van der Waals surface area contributed by atoms with Crippen molar-refractivity contribution in [2.75, 3.05) is 49.7 Å². The molecule has 0 unspecified atom stereocenters. The molecular weight excluding hydrogens is 450 g/mol. The summed E-state index contributed by atoms with van der Waals surface area (Å²) in [5.41, 5.74) is 2.50. The fourth-order valence-electron chi connectivity index (χ4n) is 3.24. The van der Waals surface area contributed by atoms with Crippen LogP contribution >= 0.6 is 11.3 Å². The van der Waals surface area contributed by atoms with Crippen molar-refractivity contribution in [1.29, 1.82) is 0 Å². The Labute approximate surface area is 193 Å². The third kappa shape index (κ3) is 7.16. The van der Waals surface area contributed by atoms with Gasteiger partial charge in [0.2, 0.25) is 10.0 Å². The molecule has 32 heavy (non-hydrogen) atoms. The topological polar surface area (TPSA) is 104 Å². The summed E-state index contributed by atoms with van der Waals surface area (Å²) >= 11 is 1.36. The van der Waals surface area contributed by atoms with Gasteiger partial charge < -0.3 is 10.1 Å². The maximum Gasteiger partial charge on any atom is 0.325 e. The fraction of sp³-hybridized carbons (Fsp3) is 0.524. The maximum atomic E-state index is 12.5. The lowest BCUT2D eigenvalue weighted by atomic mass is 10.2. The van der Waals surface area contributed by atoms with Gasteiger partial charge in [0.15, 0.2) is 5.13 Å². The highest BCUT2D eigenvalue weighted by Gasteiger charge is 2.23. The van der Waals surface area contributed by atoms with Crippen molar-refractivity contribution in [3.63, 3.8) is 0 Å². The van der Waals surface area contributed by atoms with Crippen molar-refractivity contribution in [3.05, 3.63) is 34.8 Å². The second-order valence-corrected chi connectivity index (χ2v) is 11.2. The van der Waals surface area contributed by atoms with E-state index in [0.717, 1.165) is 11.3 Å². The molecule has 176 valence electrons. The molecule has 3 rings (SSSR count). The van der Waals surface area contributed by atoms with Crippen LogP contribution in [0.15, 0.2) is 23.6 Å². The van der Waals surface area contributed by atoms with E-state index in [2.05, 4.69) is 34.4 Å². The predicted molar refractivity (Wildman–Crippen MR) is 128 cm³/mol. The largest absolute Gasteiger partial charge is 0.491 e. The first kappa shape index (κ1) is 24.4. The van der Waals surface area contributed by atoms with Gasteiger partial charge in [-0.2, -0.15) is 4.31 Å². The zero-order valence-electron chi connectivity index (χ0n) is 18.9. The van der Waals surface area contributed by atoms with E-state index < -0.39 is 10.0 Å². The van der Waals surface area contributed by atoms with Crippen molar-refractivity contribution < 1.29 is 17.9 Å². The summed E-state index contributed by atoms with van der Waals surface area (Å²) in [4.78, 5) is 19.2. The molecule has 0 bridgehead atoms. The molecule has 9 nitrogen and oxygen atoms in total. The van der Waals surface area contributed by atoms with Crippen LogP contribution in [0.5, 0.6) is 5.75 Å². The highest BCUT2D eigenvalue weighted by Crippen LogP contribution is 2.27. The van der Waals surface area contributed by atoms with Crippen molar-refractivity contribution in [2.45, 2.75) is 27.3 Å². The van der Waals surface area contributed by atoms with E-state index in [0.29, 0.717) is 61.8 Å². The number of hydrogen-bond donors (Lipinski definition) is 2. The zero-order chi connectivity index (χ0) is 23.3. The molecule has 0 atom stereocenters. The monoisotopic (exact) mass is 481 g/mol. The van der Waals surface area contributed by atoms with E-state index in [4.69, 9.17) is 4.74 Å². The quantitative estimate of drug-likeness (QED) is 0.600. The number of carbonyl (C=O) groups excluding carboxylic acids is 1. The average molecular weight is 482 g/mol. The first-order valence-electron chi connectivity index (χ1n) is 10.5. The Morgan fingerprint density at radius 2 is 1.94 bits per heavy atom. The molecule has 0 aliphatic carbocycles. The smallest absolute Gasteiger partial charge is 0.325 e. The molecule has 11 heteroatoms. The molecule has 1 aromatic carbocycles. The number of carbonyl (C=O) groups is 1. The Morgan fingerprint density at radius 1 is 1.22 bits per heavy atom. The van der Waals surface area contributed by atoms with Crippen LogP contribution in [0.3, 0.4) is 0 Å². The summed E-state index contributed by atoms with van der Waals surface area (Å²) in [7, 11) is -3.14. The molecule has 1 fully saturated rings. The number of aromatic nitrogens is 1. The number of piperazine rings is 1. The number of ether oxygens (including phenoxy) is 1. The van der Waals surface area contributed by atoms with Crippen molar-refractivity contribution in [1.82, 2.24) is 14.2 Å². The molecule has 1 aromatic heterocycles. The molecule has 1 saturated heterocycles. The van der Waals surface area contributed by atoms with Crippen LogP contribution in [0.2, 0.25) is 0 Å². The standard InChI is InChI=1S/C21H31N5O4S2/c1-15(2)13-30-19-11-16(3)5-6-18(19)23-20(27)24-21-22-17(14-31-21)12-25-7-9-26(10-8-25)32(4,28)29/h5-6,11,14-15H,7-10,12-13H2,1-4H3,(H2,22,23,24,27). The summed E-state index contributed by atoms with van der Waals surface area (Å²) in [6.07, 6.45) is 1.24. The van der Waals surface area contributed by atoms with Gasteiger partial charge in [0.1, 0.15) is 5.75 Å². The van der Waals surface area contributed by atoms with Gasteiger partial charge in [-0.3, -0.25) is 10.2 Å².